The van der Waals surface area contributed by atoms with Gasteiger partial charge in [-0.3, -0.25) is 0 Å². The second kappa shape index (κ2) is 5.89. The molecule has 1 atom stereocenters. The molecule has 0 aliphatic rings. The molecule has 0 radical (unpaired) electrons. The summed E-state index contributed by atoms with van der Waals surface area (Å²) in [6, 6.07) is 27.2. The molecule has 0 amide bonds. The van der Waals surface area contributed by atoms with E-state index in [1.165, 1.54) is 0 Å². The first-order valence-corrected chi connectivity index (χ1v) is 7.16. The van der Waals surface area contributed by atoms with Crippen LogP contribution in [0, 0.1) is 12.3 Å². The zero-order chi connectivity index (χ0) is 15.4. The molecule has 106 valence electrons. The fourth-order valence-corrected chi connectivity index (χ4v) is 2.55. The minimum absolute atomic E-state index is 0.695. The smallest absolute Gasteiger partial charge is 0.176 e. The first kappa shape index (κ1) is 14.1. The van der Waals surface area contributed by atoms with Crippen LogP contribution >= 0.6 is 0 Å². The monoisotopic (exact) mass is 284 g/mol. The number of aliphatic hydroxyl groups is 1. The van der Waals surface area contributed by atoms with Crippen LogP contribution in [0.25, 0.3) is 11.1 Å². The van der Waals surface area contributed by atoms with Crippen LogP contribution in [-0.2, 0) is 5.60 Å². The van der Waals surface area contributed by atoms with Gasteiger partial charge in [-0.25, -0.2) is 0 Å². The molecule has 0 heterocycles. The van der Waals surface area contributed by atoms with Crippen LogP contribution in [0.5, 0.6) is 0 Å². The molecule has 0 saturated heterocycles. The Bertz CT molecular complexity index is 783. The van der Waals surface area contributed by atoms with E-state index in [0.717, 1.165) is 11.1 Å². The van der Waals surface area contributed by atoms with Crippen molar-refractivity contribution in [1.29, 1.82) is 0 Å². The van der Waals surface area contributed by atoms with E-state index in [1.807, 2.05) is 72.8 Å². The second-order valence-corrected chi connectivity index (χ2v) is 5.16. The van der Waals surface area contributed by atoms with E-state index in [2.05, 4.69) is 18.1 Å². The Kier molecular flexibility index (Phi) is 3.78. The molecule has 1 heteroatoms. The molecule has 0 bridgehead atoms. The predicted octanol–water partition coefficient (Wildman–Crippen LogP) is 4.22. The van der Waals surface area contributed by atoms with Gasteiger partial charge in [0.15, 0.2) is 5.60 Å². The van der Waals surface area contributed by atoms with Crippen molar-refractivity contribution < 1.29 is 5.11 Å². The molecule has 0 unspecified atom stereocenters. The molecular formula is C21H16O. The molecule has 3 rings (SSSR count). The van der Waals surface area contributed by atoms with Crippen LogP contribution in [0.15, 0.2) is 84.9 Å². The summed E-state index contributed by atoms with van der Waals surface area (Å²) in [5.74, 6) is 2.53. The Labute approximate surface area is 130 Å². The summed E-state index contributed by atoms with van der Waals surface area (Å²) in [5.41, 5.74) is 2.22. The van der Waals surface area contributed by atoms with Gasteiger partial charge in [-0.05, 0) is 11.1 Å². The minimum Gasteiger partial charge on any atom is -0.369 e. The molecule has 0 fully saturated rings. The lowest BCUT2D eigenvalue weighted by atomic mass is 9.86. The summed E-state index contributed by atoms with van der Waals surface area (Å²) in [7, 11) is 0. The zero-order valence-corrected chi connectivity index (χ0v) is 12.1. The highest BCUT2D eigenvalue weighted by atomic mass is 16.3. The highest BCUT2D eigenvalue weighted by molar-refractivity contribution is 5.64. The van der Waals surface area contributed by atoms with Crippen LogP contribution in [0.4, 0.5) is 0 Å². The summed E-state index contributed by atoms with van der Waals surface area (Å²) in [6.45, 7) is 0. The fraction of sp³-hybridized carbons (Fsp3) is 0.0476. The maximum atomic E-state index is 10.9. The molecule has 3 aromatic rings. The van der Waals surface area contributed by atoms with Crippen molar-refractivity contribution in [2.75, 3.05) is 0 Å². The molecule has 1 N–H and O–H groups in total. The average Bonchev–Trinajstić information content (AvgIpc) is 2.63. The highest BCUT2D eigenvalue weighted by Crippen LogP contribution is 2.30. The number of benzene rings is 3. The van der Waals surface area contributed by atoms with E-state index in [4.69, 9.17) is 6.42 Å². The van der Waals surface area contributed by atoms with Gasteiger partial charge in [0, 0.05) is 11.1 Å². The molecule has 0 aromatic heterocycles. The van der Waals surface area contributed by atoms with Crippen LogP contribution in [0.2, 0.25) is 0 Å². The van der Waals surface area contributed by atoms with E-state index in [1.54, 1.807) is 0 Å². The molecule has 0 aliphatic heterocycles. The van der Waals surface area contributed by atoms with Crippen molar-refractivity contribution >= 4 is 0 Å². The molecule has 1 nitrogen and oxygen atoms in total. The summed E-state index contributed by atoms with van der Waals surface area (Å²) in [6.07, 6.45) is 5.62. The van der Waals surface area contributed by atoms with E-state index < -0.39 is 5.60 Å². The average molecular weight is 284 g/mol. The zero-order valence-electron chi connectivity index (χ0n) is 12.1. The largest absolute Gasteiger partial charge is 0.369 e. The third-order valence-corrected chi connectivity index (χ3v) is 3.81. The van der Waals surface area contributed by atoms with Crippen LogP contribution in [0.1, 0.15) is 11.1 Å². The summed E-state index contributed by atoms with van der Waals surface area (Å²) in [4.78, 5) is 0. The van der Waals surface area contributed by atoms with Gasteiger partial charge in [0.25, 0.3) is 0 Å². The van der Waals surface area contributed by atoms with Gasteiger partial charge < -0.3 is 5.11 Å². The number of terminal acetylenes is 1. The van der Waals surface area contributed by atoms with E-state index in [0.29, 0.717) is 11.1 Å². The minimum atomic E-state index is -1.41. The standard InChI is InChI=1S/C21H16O/c1-2-21(22,19-11-7-4-8-12-19)20-15-13-18(14-16-20)17-9-5-3-6-10-17/h1,3-16,22H/t21-/m0/s1. The van der Waals surface area contributed by atoms with Gasteiger partial charge in [0.05, 0.1) is 0 Å². The van der Waals surface area contributed by atoms with Crippen molar-refractivity contribution in [3.63, 3.8) is 0 Å². The van der Waals surface area contributed by atoms with Crippen molar-refractivity contribution in [3.05, 3.63) is 96.1 Å². The van der Waals surface area contributed by atoms with Crippen LogP contribution < -0.4 is 0 Å². The Morgan fingerprint density at radius 3 is 1.64 bits per heavy atom. The van der Waals surface area contributed by atoms with Gasteiger partial charge in [0.2, 0.25) is 0 Å². The maximum Gasteiger partial charge on any atom is 0.176 e. The fourth-order valence-electron chi connectivity index (χ4n) is 2.55. The number of rotatable bonds is 3. The third kappa shape index (κ3) is 2.53. The van der Waals surface area contributed by atoms with Crippen molar-refractivity contribution in [1.82, 2.24) is 0 Å². The topological polar surface area (TPSA) is 20.2 Å². The summed E-state index contributed by atoms with van der Waals surface area (Å²) < 4.78 is 0. The molecule has 0 spiro atoms. The van der Waals surface area contributed by atoms with Gasteiger partial charge in [-0.1, -0.05) is 90.8 Å². The summed E-state index contributed by atoms with van der Waals surface area (Å²) in [5, 5.41) is 10.9. The lowest BCUT2D eigenvalue weighted by Gasteiger charge is -2.23. The Morgan fingerprint density at radius 1 is 0.636 bits per heavy atom. The van der Waals surface area contributed by atoms with Crippen LogP contribution in [-0.4, -0.2) is 5.11 Å². The third-order valence-electron chi connectivity index (χ3n) is 3.81. The molecule has 22 heavy (non-hydrogen) atoms. The van der Waals surface area contributed by atoms with Crippen molar-refractivity contribution in [2.24, 2.45) is 0 Å². The molecule has 3 aromatic carbocycles. The first-order valence-electron chi connectivity index (χ1n) is 7.16. The van der Waals surface area contributed by atoms with Crippen molar-refractivity contribution in [3.8, 4) is 23.5 Å². The van der Waals surface area contributed by atoms with Gasteiger partial charge in [-0.15, -0.1) is 6.42 Å². The Hall–Kier alpha value is -2.82. The van der Waals surface area contributed by atoms with E-state index in [-0.39, 0.29) is 0 Å². The lowest BCUT2D eigenvalue weighted by molar-refractivity contribution is 0.145. The highest BCUT2D eigenvalue weighted by Gasteiger charge is 2.28. The van der Waals surface area contributed by atoms with Gasteiger partial charge >= 0.3 is 0 Å². The molecule has 0 aliphatic carbocycles. The van der Waals surface area contributed by atoms with Crippen LogP contribution in [0.3, 0.4) is 0 Å². The van der Waals surface area contributed by atoms with Gasteiger partial charge in [0.1, 0.15) is 0 Å². The molecular weight excluding hydrogens is 268 g/mol. The summed E-state index contributed by atoms with van der Waals surface area (Å²) >= 11 is 0. The van der Waals surface area contributed by atoms with Crippen molar-refractivity contribution in [2.45, 2.75) is 5.60 Å². The number of hydrogen-bond donors (Lipinski definition) is 1. The quantitative estimate of drug-likeness (QED) is 0.714. The molecule has 0 saturated carbocycles. The van der Waals surface area contributed by atoms with E-state index in [9.17, 15) is 5.11 Å². The van der Waals surface area contributed by atoms with E-state index >= 15 is 0 Å². The Balaban J connectivity index is 2.00. The maximum absolute atomic E-state index is 10.9. The second-order valence-electron chi connectivity index (χ2n) is 5.16. The SMILES string of the molecule is C#C[C@](O)(c1ccccc1)c1ccc(-c2ccccc2)cc1. The first-order chi connectivity index (χ1) is 10.7. The normalized spacial score (nSPS) is 13.1. The predicted molar refractivity (Wildman–Crippen MR) is 90.2 cm³/mol. The Morgan fingerprint density at radius 2 is 1.09 bits per heavy atom. The number of hydrogen-bond acceptors (Lipinski definition) is 1. The van der Waals surface area contributed by atoms with Gasteiger partial charge in [-0.2, -0.15) is 0 Å². The lowest BCUT2D eigenvalue weighted by Crippen LogP contribution is -2.24.